The molecule has 4 nitrogen and oxygen atoms in total. The van der Waals surface area contributed by atoms with Crippen molar-refractivity contribution in [3.05, 3.63) is 23.5 Å². The molecule has 0 saturated heterocycles. The zero-order chi connectivity index (χ0) is 14.2. The van der Waals surface area contributed by atoms with Gasteiger partial charge in [0.25, 0.3) is 11.9 Å². The molecule has 2 aromatic heterocycles. The van der Waals surface area contributed by atoms with Crippen molar-refractivity contribution < 1.29 is 17.6 Å². The number of pyridine rings is 1. The van der Waals surface area contributed by atoms with Gasteiger partial charge in [0.1, 0.15) is 0 Å². The molecule has 0 aliphatic carbocycles. The summed E-state index contributed by atoms with van der Waals surface area (Å²) < 4.78 is 52.7. The van der Waals surface area contributed by atoms with E-state index in [0.717, 1.165) is 11.3 Å². The minimum absolute atomic E-state index is 0.159. The first-order valence-electron chi connectivity index (χ1n) is 4.78. The predicted molar refractivity (Wildman–Crippen MR) is 62.4 cm³/mol. The van der Waals surface area contributed by atoms with Crippen LogP contribution in [0.5, 0.6) is 0 Å². The molecule has 102 valence electrons. The van der Waals surface area contributed by atoms with Crippen LogP contribution in [0.25, 0.3) is 0 Å². The fourth-order valence-corrected chi connectivity index (χ4v) is 2.82. The summed E-state index contributed by atoms with van der Waals surface area (Å²) >= 11 is 1.49. The SMILES string of the molecule is CN(C)c1nnc(Sc2c(F)c(F)nc(F)c2F)s1. The minimum Gasteiger partial charge on any atom is -0.353 e. The molecule has 0 atom stereocenters. The van der Waals surface area contributed by atoms with E-state index in [1.54, 1.807) is 19.0 Å². The van der Waals surface area contributed by atoms with E-state index in [4.69, 9.17) is 0 Å². The second-order valence-corrected chi connectivity index (χ2v) is 5.71. The number of hydrogen-bond acceptors (Lipinski definition) is 6. The number of halogens is 4. The number of hydrogen-bond donors (Lipinski definition) is 0. The summed E-state index contributed by atoms with van der Waals surface area (Å²) in [5, 5.41) is 7.91. The summed E-state index contributed by atoms with van der Waals surface area (Å²) in [5.74, 6) is -6.49. The van der Waals surface area contributed by atoms with E-state index in [1.165, 1.54) is 0 Å². The van der Waals surface area contributed by atoms with Crippen molar-refractivity contribution in [1.82, 2.24) is 15.2 Å². The van der Waals surface area contributed by atoms with Gasteiger partial charge < -0.3 is 4.90 Å². The first kappa shape index (κ1) is 14.0. The Balaban J connectivity index is 2.37. The third kappa shape index (κ3) is 2.78. The molecule has 10 heteroatoms. The molecule has 0 N–H and O–H groups in total. The summed E-state index contributed by atoms with van der Waals surface area (Å²) in [4.78, 5) is 3.28. The Labute approximate surface area is 113 Å². The van der Waals surface area contributed by atoms with Gasteiger partial charge in [-0.05, 0) is 0 Å². The van der Waals surface area contributed by atoms with Crippen LogP contribution in [0.4, 0.5) is 22.7 Å². The smallest absolute Gasteiger partial charge is 0.252 e. The van der Waals surface area contributed by atoms with Crippen LogP contribution in [-0.4, -0.2) is 29.3 Å². The van der Waals surface area contributed by atoms with E-state index < -0.39 is 28.4 Å². The van der Waals surface area contributed by atoms with E-state index >= 15 is 0 Å². The molecule has 0 saturated carbocycles. The quantitative estimate of drug-likeness (QED) is 0.644. The van der Waals surface area contributed by atoms with E-state index in [1.807, 2.05) is 0 Å². The monoisotopic (exact) mass is 310 g/mol. The van der Waals surface area contributed by atoms with Gasteiger partial charge in [-0.3, -0.25) is 0 Å². The second-order valence-electron chi connectivity index (χ2n) is 3.50. The molecular formula is C9H6F4N4S2. The van der Waals surface area contributed by atoms with Gasteiger partial charge in [0.05, 0.1) is 4.90 Å². The maximum atomic E-state index is 13.4. The number of rotatable bonds is 3. The van der Waals surface area contributed by atoms with Crippen molar-refractivity contribution in [3.8, 4) is 0 Å². The highest BCUT2D eigenvalue weighted by atomic mass is 32.2. The molecule has 2 aromatic rings. The van der Waals surface area contributed by atoms with Crippen LogP contribution >= 0.6 is 23.1 Å². The Kier molecular flexibility index (Phi) is 3.90. The predicted octanol–water partition coefficient (Wildman–Crippen LogP) is 2.71. The van der Waals surface area contributed by atoms with Crippen LogP contribution < -0.4 is 4.90 Å². The number of nitrogens with zero attached hydrogens (tertiary/aromatic N) is 4. The Bertz CT molecular complexity index is 590. The molecule has 0 spiro atoms. The molecule has 19 heavy (non-hydrogen) atoms. The zero-order valence-electron chi connectivity index (χ0n) is 9.62. The number of aromatic nitrogens is 3. The molecule has 0 radical (unpaired) electrons. The van der Waals surface area contributed by atoms with Crippen LogP contribution in [0.1, 0.15) is 0 Å². The van der Waals surface area contributed by atoms with Crippen molar-refractivity contribution in [2.75, 3.05) is 19.0 Å². The average Bonchev–Trinajstić information content (AvgIpc) is 2.81. The maximum Gasteiger partial charge on any atom is 0.252 e. The second kappa shape index (κ2) is 5.29. The van der Waals surface area contributed by atoms with E-state index in [2.05, 4.69) is 15.2 Å². The molecule has 0 fully saturated rings. The lowest BCUT2D eigenvalue weighted by Gasteiger charge is -2.04. The van der Waals surface area contributed by atoms with Gasteiger partial charge >= 0.3 is 0 Å². The molecular weight excluding hydrogens is 304 g/mol. The summed E-state index contributed by atoms with van der Waals surface area (Å²) in [5.41, 5.74) is 0. The standard InChI is InChI=1S/C9H6F4N4S2/c1-17(2)8-15-16-9(19-8)18-5-3(10)6(12)14-7(13)4(5)11/h1-2H3. The maximum absolute atomic E-state index is 13.4. The minimum atomic E-state index is -1.70. The molecule has 0 aromatic carbocycles. The third-order valence-electron chi connectivity index (χ3n) is 1.93. The van der Waals surface area contributed by atoms with Crippen LogP contribution in [0.2, 0.25) is 0 Å². The Hall–Kier alpha value is -1.42. The van der Waals surface area contributed by atoms with Crippen molar-refractivity contribution in [2.45, 2.75) is 9.24 Å². The van der Waals surface area contributed by atoms with Gasteiger partial charge in [0, 0.05) is 14.1 Å². The number of anilines is 1. The van der Waals surface area contributed by atoms with Crippen molar-refractivity contribution in [2.24, 2.45) is 0 Å². The topological polar surface area (TPSA) is 41.9 Å². The zero-order valence-corrected chi connectivity index (χ0v) is 11.3. The molecule has 0 amide bonds. The van der Waals surface area contributed by atoms with Gasteiger partial charge in [-0.2, -0.15) is 13.8 Å². The fourth-order valence-electron chi connectivity index (χ4n) is 1.07. The average molecular weight is 310 g/mol. The summed E-state index contributed by atoms with van der Waals surface area (Å²) in [6, 6.07) is 0. The first-order valence-corrected chi connectivity index (χ1v) is 6.42. The first-order chi connectivity index (χ1) is 8.90. The normalized spacial score (nSPS) is 10.8. The van der Waals surface area contributed by atoms with Gasteiger partial charge in [-0.25, -0.2) is 8.78 Å². The Morgan fingerprint density at radius 2 is 1.58 bits per heavy atom. The highest BCUT2D eigenvalue weighted by Gasteiger charge is 2.23. The lowest BCUT2D eigenvalue weighted by molar-refractivity contribution is 0.383. The fraction of sp³-hybridized carbons (Fsp3) is 0.222. The summed E-state index contributed by atoms with van der Waals surface area (Å²) in [6.45, 7) is 0. The highest BCUT2D eigenvalue weighted by Crippen LogP contribution is 2.36. The van der Waals surface area contributed by atoms with Crippen LogP contribution in [-0.2, 0) is 0 Å². The van der Waals surface area contributed by atoms with Gasteiger partial charge in [0.2, 0.25) is 5.13 Å². The molecule has 0 aliphatic rings. The largest absolute Gasteiger partial charge is 0.353 e. The lowest BCUT2D eigenvalue weighted by atomic mass is 10.4. The Morgan fingerprint density at radius 3 is 2.05 bits per heavy atom. The Morgan fingerprint density at radius 1 is 1.00 bits per heavy atom. The highest BCUT2D eigenvalue weighted by molar-refractivity contribution is 8.01. The third-order valence-corrected chi connectivity index (χ3v) is 4.13. The molecule has 0 aliphatic heterocycles. The molecule has 2 heterocycles. The van der Waals surface area contributed by atoms with Gasteiger partial charge in [0.15, 0.2) is 16.0 Å². The van der Waals surface area contributed by atoms with E-state index in [-0.39, 0.29) is 4.34 Å². The van der Waals surface area contributed by atoms with E-state index in [0.29, 0.717) is 16.9 Å². The van der Waals surface area contributed by atoms with Crippen LogP contribution in [0, 0.1) is 23.5 Å². The van der Waals surface area contributed by atoms with Crippen LogP contribution in [0.15, 0.2) is 9.24 Å². The van der Waals surface area contributed by atoms with Gasteiger partial charge in [-0.15, -0.1) is 10.2 Å². The molecule has 2 rings (SSSR count). The van der Waals surface area contributed by atoms with Crippen LogP contribution in [0.3, 0.4) is 0 Å². The van der Waals surface area contributed by atoms with Crippen molar-refractivity contribution in [3.63, 3.8) is 0 Å². The molecule has 0 unspecified atom stereocenters. The summed E-state index contributed by atoms with van der Waals surface area (Å²) in [6.07, 6.45) is 0. The van der Waals surface area contributed by atoms with Crippen molar-refractivity contribution in [1.29, 1.82) is 0 Å². The lowest BCUT2D eigenvalue weighted by Crippen LogP contribution is -2.07. The molecule has 0 bridgehead atoms. The van der Waals surface area contributed by atoms with Gasteiger partial charge in [-0.1, -0.05) is 23.1 Å². The van der Waals surface area contributed by atoms with E-state index in [9.17, 15) is 17.6 Å². The summed E-state index contributed by atoms with van der Waals surface area (Å²) in [7, 11) is 3.42. The van der Waals surface area contributed by atoms with Crippen molar-refractivity contribution >= 4 is 28.2 Å².